The number of aryl methyl sites for hydroxylation is 1. The van der Waals surface area contributed by atoms with E-state index in [1.54, 1.807) is 6.92 Å². The maximum atomic E-state index is 13.3. The molecular formula is C13H14F2O3. The first-order chi connectivity index (χ1) is 8.54. The molecule has 0 saturated heterocycles. The van der Waals surface area contributed by atoms with Crippen molar-refractivity contribution in [2.24, 2.45) is 0 Å². The summed E-state index contributed by atoms with van der Waals surface area (Å²) in [4.78, 5) is 22.4. The molecule has 18 heavy (non-hydrogen) atoms. The number of esters is 1. The molecule has 0 amide bonds. The van der Waals surface area contributed by atoms with Crippen molar-refractivity contribution < 1.29 is 23.1 Å². The lowest BCUT2D eigenvalue weighted by Crippen LogP contribution is -2.12. The third-order valence-electron chi connectivity index (χ3n) is 2.35. The monoisotopic (exact) mass is 256 g/mol. The summed E-state index contributed by atoms with van der Waals surface area (Å²) >= 11 is 0. The summed E-state index contributed by atoms with van der Waals surface area (Å²) in [6, 6.07) is 3.80. The van der Waals surface area contributed by atoms with Crippen LogP contribution in [0.5, 0.6) is 0 Å². The molecule has 0 heterocycles. The van der Waals surface area contributed by atoms with Gasteiger partial charge < -0.3 is 4.74 Å². The van der Waals surface area contributed by atoms with Gasteiger partial charge in [-0.2, -0.15) is 0 Å². The highest BCUT2D eigenvalue weighted by molar-refractivity contribution is 5.95. The van der Waals surface area contributed by atoms with Crippen LogP contribution in [-0.4, -0.2) is 18.4 Å². The van der Waals surface area contributed by atoms with E-state index in [4.69, 9.17) is 0 Å². The Morgan fingerprint density at radius 3 is 2.67 bits per heavy atom. The van der Waals surface area contributed by atoms with Gasteiger partial charge in [0.05, 0.1) is 6.61 Å². The van der Waals surface area contributed by atoms with Crippen LogP contribution in [0.1, 0.15) is 25.3 Å². The summed E-state index contributed by atoms with van der Waals surface area (Å²) in [7, 11) is 0. The highest BCUT2D eigenvalue weighted by atomic mass is 19.2. The minimum Gasteiger partial charge on any atom is -0.466 e. The van der Waals surface area contributed by atoms with Crippen molar-refractivity contribution in [2.45, 2.75) is 26.2 Å². The van der Waals surface area contributed by atoms with Crippen LogP contribution < -0.4 is 0 Å². The number of carbonyl (C=O) groups is 2. The standard InChI is InChI=1S/C13H14F2O3/c1-2-18-12(17)8-10(16)7-6-9-4-3-5-11(14)13(9)15/h3-5H,2,6-8H2,1H3. The molecule has 0 aromatic heterocycles. The van der Waals surface area contributed by atoms with Crippen LogP contribution in [0.25, 0.3) is 0 Å². The maximum Gasteiger partial charge on any atom is 0.313 e. The molecule has 0 saturated carbocycles. The molecule has 5 heteroatoms. The average molecular weight is 256 g/mol. The largest absolute Gasteiger partial charge is 0.466 e. The van der Waals surface area contributed by atoms with Gasteiger partial charge >= 0.3 is 5.97 Å². The van der Waals surface area contributed by atoms with Gasteiger partial charge in [-0.3, -0.25) is 9.59 Å². The molecular weight excluding hydrogens is 242 g/mol. The predicted molar refractivity (Wildman–Crippen MR) is 60.9 cm³/mol. The summed E-state index contributed by atoms with van der Waals surface area (Å²) in [5, 5.41) is 0. The normalized spacial score (nSPS) is 10.2. The summed E-state index contributed by atoms with van der Waals surface area (Å²) in [5.41, 5.74) is 0.132. The van der Waals surface area contributed by atoms with Crippen molar-refractivity contribution in [1.29, 1.82) is 0 Å². The number of halogens is 2. The van der Waals surface area contributed by atoms with E-state index in [1.165, 1.54) is 12.1 Å². The van der Waals surface area contributed by atoms with Crippen LogP contribution in [0.4, 0.5) is 8.78 Å². The zero-order valence-corrected chi connectivity index (χ0v) is 10.0. The lowest BCUT2D eigenvalue weighted by Gasteiger charge is -2.04. The molecule has 0 aliphatic rings. The quantitative estimate of drug-likeness (QED) is 0.580. The fourth-order valence-corrected chi connectivity index (χ4v) is 1.48. The Kier molecular flexibility index (Phi) is 5.42. The first kappa shape index (κ1) is 14.3. The Bertz CT molecular complexity index is 444. The van der Waals surface area contributed by atoms with Crippen LogP contribution in [0, 0.1) is 11.6 Å². The number of hydrogen-bond acceptors (Lipinski definition) is 3. The summed E-state index contributed by atoms with van der Waals surface area (Å²) < 4.78 is 30.8. The summed E-state index contributed by atoms with van der Waals surface area (Å²) in [6.45, 7) is 1.86. The van der Waals surface area contributed by atoms with E-state index in [-0.39, 0.29) is 37.2 Å². The molecule has 0 spiro atoms. The highest BCUT2D eigenvalue weighted by Gasteiger charge is 2.13. The molecule has 0 unspecified atom stereocenters. The molecule has 0 N–H and O–H groups in total. The average Bonchev–Trinajstić information content (AvgIpc) is 2.31. The van der Waals surface area contributed by atoms with Crippen LogP contribution in [0.15, 0.2) is 18.2 Å². The van der Waals surface area contributed by atoms with Gasteiger partial charge in [0.2, 0.25) is 0 Å². The van der Waals surface area contributed by atoms with Gasteiger partial charge in [-0.15, -0.1) is 0 Å². The van der Waals surface area contributed by atoms with E-state index >= 15 is 0 Å². The first-order valence-electron chi connectivity index (χ1n) is 5.64. The van der Waals surface area contributed by atoms with Crippen molar-refractivity contribution in [3.05, 3.63) is 35.4 Å². The summed E-state index contributed by atoms with van der Waals surface area (Å²) in [6.07, 6.45) is -0.272. The van der Waals surface area contributed by atoms with Crippen molar-refractivity contribution in [1.82, 2.24) is 0 Å². The Balaban J connectivity index is 2.48. The van der Waals surface area contributed by atoms with Gasteiger partial charge in [0.15, 0.2) is 11.6 Å². The number of hydrogen-bond donors (Lipinski definition) is 0. The number of ketones is 1. The molecule has 0 fully saturated rings. The van der Waals surface area contributed by atoms with Crippen molar-refractivity contribution >= 4 is 11.8 Å². The van der Waals surface area contributed by atoms with Gasteiger partial charge in [0, 0.05) is 6.42 Å². The SMILES string of the molecule is CCOC(=O)CC(=O)CCc1cccc(F)c1F. The Morgan fingerprint density at radius 1 is 1.28 bits per heavy atom. The van der Waals surface area contributed by atoms with E-state index in [0.717, 1.165) is 6.07 Å². The second kappa shape index (κ2) is 6.83. The second-order valence-electron chi connectivity index (χ2n) is 3.73. The number of ether oxygens (including phenoxy) is 1. The Hall–Kier alpha value is -1.78. The lowest BCUT2D eigenvalue weighted by molar-refractivity contribution is -0.145. The van der Waals surface area contributed by atoms with Gasteiger partial charge in [-0.05, 0) is 25.0 Å². The van der Waals surface area contributed by atoms with Crippen molar-refractivity contribution in [3.63, 3.8) is 0 Å². The van der Waals surface area contributed by atoms with E-state index in [1.807, 2.05) is 0 Å². The van der Waals surface area contributed by atoms with Gasteiger partial charge in [-0.1, -0.05) is 12.1 Å². The number of rotatable bonds is 6. The number of Topliss-reactive ketones (excluding diaryl/α,β-unsaturated/α-hetero) is 1. The van der Waals surface area contributed by atoms with Crippen LogP contribution >= 0.6 is 0 Å². The van der Waals surface area contributed by atoms with Gasteiger partial charge in [-0.25, -0.2) is 8.78 Å². The third kappa shape index (κ3) is 4.24. The minimum absolute atomic E-state index is 0.0147. The fourth-order valence-electron chi connectivity index (χ4n) is 1.48. The molecule has 1 aromatic carbocycles. The zero-order valence-electron chi connectivity index (χ0n) is 10.0. The van der Waals surface area contributed by atoms with Crippen molar-refractivity contribution in [2.75, 3.05) is 6.61 Å². The topological polar surface area (TPSA) is 43.4 Å². The predicted octanol–water partition coefficient (Wildman–Crippen LogP) is 2.42. The van der Waals surface area contributed by atoms with E-state index in [0.29, 0.717) is 0 Å². The third-order valence-corrected chi connectivity index (χ3v) is 2.35. The molecule has 1 rings (SSSR count). The molecule has 0 bridgehead atoms. The molecule has 0 atom stereocenters. The number of carbonyl (C=O) groups excluding carboxylic acids is 2. The smallest absolute Gasteiger partial charge is 0.313 e. The molecule has 3 nitrogen and oxygen atoms in total. The number of benzene rings is 1. The minimum atomic E-state index is -0.943. The summed E-state index contributed by atoms with van der Waals surface area (Å²) in [5.74, 6) is -2.83. The first-order valence-corrected chi connectivity index (χ1v) is 5.64. The van der Waals surface area contributed by atoms with Gasteiger partial charge in [0.1, 0.15) is 12.2 Å². The molecule has 0 aliphatic carbocycles. The lowest BCUT2D eigenvalue weighted by atomic mass is 10.1. The van der Waals surface area contributed by atoms with Crippen LogP contribution in [0.3, 0.4) is 0 Å². The maximum absolute atomic E-state index is 13.3. The van der Waals surface area contributed by atoms with E-state index in [2.05, 4.69) is 4.74 Å². The van der Waals surface area contributed by atoms with Crippen LogP contribution in [0.2, 0.25) is 0 Å². The molecule has 0 radical (unpaired) electrons. The fraction of sp³-hybridized carbons (Fsp3) is 0.385. The molecule has 98 valence electrons. The van der Waals surface area contributed by atoms with Gasteiger partial charge in [0.25, 0.3) is 0 Å². The zero-order chi connectivity index (χ0) is 13.5. The Morgan fingerprint density at radius 2 is 2.00 bits per heavy atom. The van der Waals surface area contributed by atoms with E-state index in [9.17, 15) is 18.4 Å². The van der Waals surface area contributed by atoms with Crippen molar-refractivity contribution in [3.8, 4) is 0 Å². The Labute approximate surface area is 104 Å². The van der Waals surface area contributed by atoms with Crippen LogP contribution in [-0.2, 0) is 20.7 Å². The van der Waals surface area contributed by atoms with E-state index < -0.39 is 17.6 Å². The highest BCUT2D eigenvalue weighted by Crippen LogP contribution is 2.13. The molecule has 1 aromatic rings. The second-order valence-corrected chi connectivity index (χ2v) is 3.73. The molecule has 0 aliphatic heterocycles.